The molecule has 1 aliphatic carbocycles. The summed E-state index contributed by atoms with van der Waals surface area (Å²) in [5, 5.41) is 20.9. The average molecular weight is 333 g/mol. The second-order valence-electron chi connectivity index (χ2n) is 5.39. The number of hydrogen-bond acceptors (Lipinski definition) is 4. The van der Waals surface area contributed by atoms with Crippen molar-refractivity contribution in [1.29, 1.82) is 0 Å². The molecule has 0 saturated heterocycles. The lowest BCUT2D eigenvalue weighted by Gasteiger charge is -2.24. The van der Waals surface area contributed by atoms with Crippen LogP contribution in [0.4, 0.5) is 10.5 Å². The Balaban J connectivity index is 2.72. The average Bonchev–Trinajstić information content (AvgIpc) is 2.53. The van der Waals surface area contributed by atoms with Crippen LogP contribution in [0.25, 0.3) is 5.57 Å². The van der Waals surface area contributed by atoms with E-state index in [-0.39, 0.29) is 17.2 Å². The molecular weight excluding hydrogens is 314 g/mol. The first-order chi connectivity index (χ1) is 11.4. The minimum atomic E-state index is -1.24. The Bertz CT molecular complexity index is 735. The Morgan fingerprint density at radius 2 is 1.92 bits per heavy atom. The number of carbonyl (C=O) groups is 2. The van der Waals surface area contributed by atoms with Crippen molar-refractivity contribution in [3.8, 4) is 5.75 Å². The molecule has 0 heterocycles. The first-order valence-corrected chi connectivity index (χ1v) is 7.27. The minimum absolute atomic E-state index is 0.206. The maximum absolute atomic E-state index is 11.7. The zero-order valence-corrected chi connectivity index (χ0v) is 13.6. The summed E-state index contributed by atoms with van der Waals surface area (Å²) in [4.78, 5) is 22.8. The molecule has 1 aromatic carbocycles. The molecule has 0 bridgehead atoms. The summed E-state index contributed by atoms with van der Waals surface area (Å²) >= 11 is 0. The fraction of sp³-hybridized carbons (Fsp3) is 0.294. The van der Waals surface area contributed by atoms with Crippen LogP contribution in [-0.4, -0.2) is 36.5 Å². The van der Waals surface area contributed by atoms with E-state index in [9.17, 15) is 14.7 Å². The highest BCUT2D eigenvalue weighted by molar-refractivity contribution is 6.03. The number of hydrogen-bond donors (Lipinski definition) is 3. The van der Waals surface area contributed by atoms with Crippen molar-refractivity contribution in [3.63, 3.8) is 0 Å². The summed E-state index contributed by atoms with van der Waals surface area (Å²) in [6.07, 6.45) is 0.858. The molecule has 0 fully saturated rings. The summed E-state index contributed by atoms with van der Waals surface area (Å²) in [6.45, 7) is 1.79. The lowest BCUT2D eigenvalue weighted by atomic mass is 9.84. The van der Waals surface area contributed by atoms with E-state index < -0.39 is 12.1 Å². The third-order valence-electron chi connectivity index (χ3n) is 3.85. The molecule has 0 radical (unpaired) electrons. The van der Waals surface area contributed by atoms with Crippen LogP contribution in [0.1, 0.15) is 18.9 Å². The Hall–Kier alpha value is -2.96. The summed E-state index contributed by atoms with van der Waals surface area (Å²) < 4.78 is 10.5. The van der Waals surface area contributed by atoms with Gasteiger partial charge in [-0.2, -0.15) is 0 Å². The monoisotopic (exact) mass is 333 g/mol. The molecule has 0 aliphatic heterocycles. The van der Waals surface area contributed by atoms with Gasteiger partial charge in [-0.15, -0.1) is 0 Å². The third-order valence-corrected chi connectivity index (χ3v) is 3.85. The number of benzene rings is 1. The molecule has 1 unspecified atom stereocenters. The Labute approximate surface area is 139 Å². The smallest absolute Gasteiger partial charge is 0.409 e. The predicted octanol–water partition coefficient (Wildman–Crippen LogP) is 3.19. The van der Waals surface area contributed by atoms with Gasteiger partial charge in [0.15, 0.2) is 0 Å². The summed E-state index contributed by atoms with van der Waals surface area (Å²) in [5.74, 6) is -0.204. The number of ether oxygens (including phenoxy) is 2. The highest BCUT2D eigenvalue weighted by Gasteiger charge is 2.28. The molecule has 0 aromatic heterocycles. The van der Waals surface area contributed by atoms with Crippen LogP contribution in [0, 0.1) is 5.92 Å². The maximum atomic E-state index is 11.7. The summed E-state index contributed by atoms with van der Waals surface area (Å²) in [7, 11) is 3.00. The van der Waals surface area contributed by atoms with Gasteiger partial charge in [0.05, 0.1) is 25.7 Å². The standard InChI is InChI=1S/C17H19NO6/c1-9-6-11(24-3)8-13(15(9)16(19)20)12-7-10(23-2)4-5-14(12)18-17(21)22/h4-5,7-9,18H,6H2,1-3H3,(H,19,20)(H,21,22). The minimum Gasteiger partial charge on any atom is -0.501 e. The van der Waals surface area contributed by atoms with Gasteiger partial charge in [-0.3, -0.25) is 5.32 Å². The zero-order valence-electron chi connectivity index (χ0n) is 13.6. The zero-order chi connectivity index (χ0) is 17.9. The van der Waals surface area contributed by atoms with E-state index in [1.165, 1.54) is 20.3 Å². The fourth-order valence-corrected chi connectivity index (χ4v) is 2.76. The van der Waals surface area contributed by atoms with Crippen LogP contribution in [-0.2, 0) is 9.53 Å². The fourth-order valence-electron chi connectivity index (χ4n) is 2.76. The van der Waals surface area contributed by atoms with E-state index in [2.05, 4.69) is 5.32 Å². The predicted molar refractivity (Wildman–Crippen MR) is 88.1 cm³/mol. The number of carboxylic acid groups (broad SMARTS) is 2. The van der Waals surface area contributed by atoms with Gasteiger partial charge in [-0.25, -0.2) is 9.59 Å². The molecule has 1 aromatic rings. The van der Waals surface area contributed by atoms with Gasteiger partial charge in [0.25, 0.3) is 0 Å². The van der Waals surface area contributed by atoms with Crippen molar-refractivity contribution in [3.05, 3.63) is 41.2 Å². The maximum Gasteiger partial charge on any atom is 0.409 e. The number of aliphatic carboxylic acids is 1. The third kappa shape index (κ3) is 3.51. The molecule has 0 saturated carbocycles. The quantitative estimate of drug-likeness (QED) is 0.764. The van der Waals surface area contributed by atoms with Gasteiger partial charge in [0.2, 0.25) is 0 Å². The first-order valence-electron chi connectivity index (χ1n) is 7.27. The topological polar surface area (TPSA) is 105 Å². The molecule has 1 aliphatic rings. The van der Waals surface area contributed by atoms with Crippen molar-refractivity contribution in [2.75, 3.05) is 19.5 Å². The molecular formula is C17H19NO6. The molecule has 2 rings (SSSR count). The van der Waals surface area contributed by atoms with Crippen LogP contribution in [0.3, 0.4) is 0 Å². The van der Waals surface area contributed by atoms with Gasteiger partial charge < -0.3 is 19.7 Å². The number of allylic oxidation sites excluding steroid dienone is 3. The molecule has 7 heteroatoms. The van der Waals surface area contributed by atoms with Gasteiger partial charge in [-0.05, 0) is 35.8 Å². The molecule has 1 atom stereocenters. The number of nitrogens with one attached hydrogen (secondary N) is 1. The van der Waals surface area contributed by atoms with E-state index in [1.54, 1.807) is 25.1 Å². The van der Waals surface area contributed by atoms with Gasteiger partial charge >= 0.3 is 12.1 Å². The van der Waals surface area contributed by atoms with Crippen molar-refractivity contribution in [1.82, 2.24) is 0 Å². The Kier molecular flexibility index (Phi) is 5.13. The van der Waals surface area contributed by atoms with E-state index in [0.717, 1.165) is 0 Å². The second kappa shape index (κ2) is 7.08. The number of methoxy groups -OCH3 is 2. The van der Waals surface area contributed by atoms with Gasteiger partial charge in [0.1, 0.15) is 5.75 Å². The Morgan fingerprint density at radius 3 is 2.46 bits per heavy atom. The number of carboxylic acids is 1. The molecule has 24 heavy (non-hydrogen) atoms. The van der Waals surface area contributed by atoms with Gasteiger partial charge in [-0.1, -0.05) is 6.92 Å². The van der Waals surface area contributed by atoms with E-state index in [0.29, 0.717) is 29.1 Å². The second-order valence-corrected chi connectivity index (χ2v) is 5.39. The largest absolute Gasteiger partial charge is 0.501 e. The van der Waals surface area contributed by atoms with Crippen LogP contribution in [0.5, 0.6) is 5.75 Å². The summed E-state index contributed by atoms with van der Waals surface area (Å²) in [5.41, 5.74) is 1.31. The Morgan fingerprint density at radius 1 is 1.21 bits per heavy atom. The number of anilines is 1. The van der Waals surface area contributed by atoms with E-state index in [1.807, 2.05) is 0 Å². The number of rotatable bonds is 5. The van der Waals surface area contributed by atoms with Crippen molar-refractivity contribution in [2.45, 2.75) is 13.3 Å². The highest BCUT2D eigenvalue weighted by Crippen LogP contribution is 2.39. The summed E-state index contributed by atoms with van der Waals surface area (Å²) in [6, 6.07) is 4.74. The van der Waals surface area contributed by atoms with Crippen LogP contribution in [0.15, 0.2) is 35.6 Å². The van der Waals surface area contributed by atoms with Gasteiger partial charge in [0, 0.05) is 17.6 Å². The molecule has 128 valence electrons. The molecule has 0 spiro atoms. The van der Waals surface area contributed by atoms with Crippen LogP contribution >= 0.6 is 0 Å². The normalized spacial score (nSPS) is 17.1. The molecule has 7 nitrogen and oxygen atoms in total. The van der Waals surface area contributed by atoms with E-state index >= 15 is 0 Å². The number of amides is 1. The van der Waals surface area contributed by atoms with Crippen LogP contribution < -0.4 is 10.1 Å². The van der Waals surface area contributed by atoms with Crippen molar-refractivity contribution in [2.24, 2.45) is 5.92 Å². The first kappa shape index (κ1) is 17.4. The lowest BCUT2D eigenvalue weighted by molar-refractivity contribution is -0.133. The van der Waals surface area contributed by atoms with Crippen molar-refractivity contribution >= 4 is 23.3 Å². The molecule has 3 N–H and O–H groups in total. The highest BCUT2D eigenvalue weighted by atomic mass is 16.5. The SMILES string of the molecule is COC1=CC(c2cc(OC)ccc2NC(=O)O)=C(C(=O)O)C(C)C1. The van der Waals surface area contributed by atoms with Crippen LogP contribution in [0.2, 0.25) is 0 Å². The van der Waals surface area contributed by atoms with Crippen molar-refractivity contribution < 1.29 is 29.3 Å². The molecule has 1 amide bonds. The van der Waals surface area contributed by atoms with E-state index in [4.69, 9.17) is 14.6 Å². The lowest BCUT2D eigenvalue weighted by Crippen LogP contribution is -2.18.